The molecule has 2 fully saturated rings. The fourth-order valence-corrected chi connectivity index (χ4v) is 2.92. The SMILES string of the molecule is CNC(=O)C1CC2O[C@@H]1[C@@H](OC(=O)COCC(=O)O)C2OC. The highest BCUT2D eigenvalue weighted by atomic mass is 16.6. The van der Waals surface area contributed by atoms with E-state index in [0.717, 1.165) is 0 Å². The van der Waals surface area contributed by atoms with Gasteiger partial charge in [0, 0.05) is 14.2 Å². The number of carbonyl (C=O) groups excluding carboxylic acids is 2. The summed E-state index contributed by atoms with van der Waals surface area (Å²) < 4.78 is 20.9. The lowest BCUT2D eigenvalue weighted by Crippen LogP contribution is -2.49. The third-order valence-corrected chi connectivity index (χ3v) is 3.80. The Kier molecular flexibility index (Phi) is 5.33. The number of esters is 1. The Hall–Kier alpha value is -1.71. The molecule has 0 aromatic heterocycles. The van der Waals surface area contributed by atoms with E-state index in [9.17, 15) is 14.4 Å². The van der Waals surface area contributed by atoms with Crippen molar-refractivity contribution in [3.05, 3.63) is 0 Å². The molecule has 2 bridgehead atoms. The summed E-state index contributed by atoms with van der Waals surface area (Å²) in [6, 6.07) is 0. The molecule has 124 valence electrons. The number of carboxylic acids is 1. The van der Waals surface area contributed by atoms with Gasteiger partial charge >= 0.3 is 11.9 Å². The number of amides is 1. The largest absolute Gasteiger partial charge is 0.480 e. The Morgan fingerprint density at radius 1 is 1.27 bits per heavy atom. The van der Waals surface area contributed by atoms with Crippen LogP contribution in [0.1, 0.15) is 6.42 Å². The minimum atomic E-state index is -1.18. The van der Waals surface area contributed by atoms with Crippen molar-refractivity contribution in [1.29, 1.82) is 0 Å². The number of carbonyl (C=O) groups is 3. The topological polar surface area (TPSA) is 120 Å². The zero-order valence-corrected chi connectivity index (χ0v) is 12.3. The molecule has 9 nitrogen and oxygen atoms in total. The molecule has 0 saturated carbocycles. The number of aliphatic carboxylic acids is 1. The van der Waals surface area contributed by atoms with E-state index < -0.39 is 49.4 Å². The van der Waals surface area contributed by atoms with Gasteiger partial charge in [-0.3, -0.25) is 4.79 Å². The van der Waals surface area contributed by atoms with E-state index in [-0.39, 0.29) is 12.0 Å². The van der Waals surface area contributed by atoms with Gasteiger partial charge in [-0.2, -0.15) is 0 Å². The average molecular weight is 317 g/mol. The van der Waals surface area contributed by atoms with E-state index in [1.165, 1.54) is 14.2 Å². The number of hydrogen-bond donors (Lipinski definition) is 2. The van der Waals surface area contributed by atoms with Gasteiger partial charge in [0.15, 0.2) is 6.10 Å². The smallest absolute Gasteiger partial charge is 0.332 e. The molecule has 1 amide bonds. The number of fused-ring (bicyclic) bond motifs is 2. The maximum atomic E-state index is 11.8. The number of hydrogen-bond acceptors (Lipinski definition) is 7. The second-order valence-electron chi connectivity index (χ2n) is 5.14. The quantitative estimate of drug-likeness (QED) is 0.547. The average Bonchev–Trinajstić information content (AvgIpc) is 3.03. The van der Waals surface area contributed by atoms with Crippen molar-refractivity contribution in [3.63, 3.8) is 0 Å². The van der Waals surface area contributed by atoms with Crippen molar-refractivity contribution in [2.75, 3.05) is 27.4 Å². The van der Waals surface area contributed by atoms with E-state index in [1.54, 1.807) is 0 Å². The van der Waals surface area contributed by atoms with E-state index in [4.69, 9.17) is 19.3 Å². The molecular formula is C13H19NO8. The van der Waals surface area contributed by atoms with Gasteiger partial charge in [0.05, 0.1) is 12.0 Å². The maximum Gasteiger partial charge on any atom is 0.332 e. The molecule has 2 aliphatic rings. The molecule has 2 rings (SSSR count). The van der Waals surface area contributed by atoms with Crippen LogP contribution in [0.3, 0.4) is 0 Å². The molecule has 0 aromatic rings. The number of methoxy groups -OCH3 is 1. The molecule has 2 aliphatic heterocycles. The van der Waals surface area contributed by atoms with Crippen molar-refractivity contribution >= 4 is 17.8 Å². The van der Waals surface area contributed by atoms with Crippen molar-refractivity contribution in [2.24, 2.45) is 5.92 Å². The number of ether oxygens (including phenoxy) is 4. The first kappa shape index (κ1) is 16.7. The summed E-state index contributed by atoms with van der Waals surface area (Å²) in [7, 11) is 3.01. The summed E-state index contributed by atoms with van der Waals surface area (Å²) in [5, 5.41) is 11.0. The summed E-state index contributed by atoms with van der Waals surface area (Å²) in [5.74, 6) is -2.48. The van der Waals surface area contributed by atoms with Gasteiger partial charge in [0.1, 0.15) is 25.4 Å². The van der Waals surface area contributed by atoms with Crippen LogP contribution in [0.2, 0.25) is 0 Å². The van der Waals surface area contributed by atoms with Gasteiger partial charge in [0.2, 0.25) is 5.91 Å². The monoisotopic (exact) mass is 317 g/mol. The van der Waals surface area contributed by atoms with E-state index in [2.05, 4.69) is 10.1 Å². The lowest BCUT2D eigenvalue weighted by Gasteiger charge is -2.30. The molecule has 9 heteroatoms. The molecule has 2 saturated heterocycles. The highest BCUT2D eigenvalue weighted by molar-refractivity contribution is 5.80. The van der Waals surface area contributed by atoms with E-state index in [0.29, 0.717) is 6.42 Å². The first-order chi connectivity index (χ1) is 10.5. The van der Waals surface area contributed by atoms with Crippen LogP contribution in [0.25, 0.3) is 0 Å². The van der Waals surface area contributed by atoms with Crippen LogP contribution in [-0.4, -0.2) is 74.7 Å². The van der Waals surface area contributed by atoms with Crippen LogP contribution in [0.5, 0.6) is 0 Å². The summed E-state index contributed by atoms with van der Waals surface area (Å²) in [6.45, 7) is -1.07. The summed E-state index contributed by atoms with van der Waals surface area (Å²) in [5.41, 5.74) is 0. The minimum Gasteiger partial charge on any atom is -0.480 e. The second kappa shape index (κ2) is 7.03. The molecule has 0 spiro atoms. The first-order valence-corrected chi connectivity index (χ1v) is 6.86. The highest BCUT2D eigenvalue weighted by Gasteiger charge is 2.58. The van der Waals surface area contributed by atoms with Crippen LogP contribution < -0.4 is 5.32 Å². The predicted octanol–water partition coefficient (Wildman–Crippen LogP) is -1.45. The molecule has 22 heavy (non-hydrogen) atoms. The van der Waals surface area contributed by atoms with Crippen LogP contribution in [0, 0.1) is 5.92 Å². The normalized spacial score (nSPS) is 32.7. The zero-order chi connectivity index (χ0) is 16.3. The van der Waals surface area contributed by atoms with Crippen molar-refractivity contribution in [2.45, 2.75) is 30.8 Å². The van der Waals surface area contributed by atoms with Gasteiger partial charge in [-0.05, 0) is 6.42 Å². The Morgan fingerprint density at radius 3 is 2.59 bits per heavy atom. The van der Waals surface area contributed by atoms with Gasteiger partial charge in [0.25, 0.3) is 0 Å². The van der Waals surface area contributed by atoms with Crippen LogP contribution in [0.15, 0.2) is 0 Å². The lowest BCUT2D eigenvalue weighted by atomic mass is 9.84. The molecule has 2 N–H and O–H groups in total. The van der Waals surface area contributed by atoms with Gasteiger partial charge < -0.3 is 29.4 Å². The fourth-order valence-electron chi connectivity index (χ4n) is 2.92. The molecular weight excluding hydrogens is 298 g/mol. The number of rotatable bonds is 7. The van der Waals surface area contributed by atoms with E-state index >= 15 is 0 Å². The Labute approximate surface area is 126 Å². The Bertz CT molecular complexity index is 453. The maximum absolute atomic E-state index is 11.8. The molecule has 0 aliphatic carbocycles. The first-order valence-electron chi connectivity index (χ1n) is 6.86. The van der Waals surface area contributed by atoms with Crippen LogP contribution in [-0.2, 0) is 33.3 Å². The molecule has 3 unspecified atom stereocenters. The third kappa shape index (κ3) is 3.37. The minimum absolute atomic E-state index is 0.176. The summed E-state index contributed by atoms with van der Waals surface area (Å²) >= 11 is 0. The fraction of sp³-hybridized carbons (Fsp3) is 0.769. The van der Waals surface area contributed by atoms with Gasteiger partial charge in [-0.15, -0.1) is 0 Å². The highest BCUT2D eigenvalue weighted by Crippen LogP contribution is 2.42. The zero-order valence-electron chi connectivity index (χ0n) is 12.3. The standard InChI is InChI=1S/C13H19NO8/c1-14-13(18)6-3-7-11(19-2)12(10(6)21-7)22-9(17)5-20-4-8(15)16/h6-7,10-12H,3-5H2,1-2H3,(H,14,18)(H,15,16)/t6?,7?,10-,11?,12+/m0/s1. The molecule has 0 aromatic carbocycles. The van der Waals surface area contributed by atoms with E-state index in [1.807, 2.05) is 0 Å². The number of nitrogens with one attached hydrogen (secondary N) is 1. The van der Waals surface area contributed by atoms with Crippen LogP contribution >= 0.6 is 0 Å². The molecule has 2 heterocycles. The van der Waals surface area contributed by atoms with Gasteiger partial charge in [-0.1, -0.05) is 0 Å². The predicted molar refractivity (Wildman–Crippen MR) is 70.0 cm³/mol. The Balaban J connectivity index is 1.94. The number of carboxylic acid groups (broad SMARTS) is 1. The summed E-state index contributed by atoms with van der Waals surface area (Å²) in [6.07, 6.45) is -1.54. The van der Waals surface area contributed by atoms with Crippen molar-refractivity contribution in [1.82, 2.24) is 5.32 Å². The molecule has 0 radical (unpaired) electrons. The van der Waals surface area contributed by atoms with Crippen LogP contribution in [0.4, 0.5) is 0 Å². The lowest BCUT2D eigenvalue weighted by molar-refractivity contribution is -0.166. The molecule has 5 atom stereocenters. The van der Waals surface area contributed by atoms with Crippen molar-refractivity contribution in [3.8, 4) is 0 Å². The second-order valence-corrected chi connectivity index (χ2v) is 5.14. The van der Waals surface area contributed by atoms with Gasteiger partial charge in [-0.25, -0.2) is 9.59 Å². The summed E-state index contributed by atoms with van der Waals surface area (Å²) in [4.78, 5) is 33.8. The van der Waals surface area contributed by atoms with Crippen molar-refractivity contribution < 1.29 is 38.4 Å². The third-order valence-electron chi connectivity index (χ3n) is 3.80. The Morgan fingerprint density at radius 2 is 2.00 bits per heavy atom.